The van der Waals surface area contributed by atoms with Gasteiger partial charge in [0.05, 0.1) is 18.5 Å². The van der Waals surface area contributed by atoms with E-state index in [4.69, 9.17) is 9.40 Å². The fraction of sp³-hybridized carbons (Fsp3) is 0.533. The Hall–Kier alpha value is -1.33. The van der Waals surface area contributed by atoms with Crippen LogP contribution in [0.3, 0.4) is 0 Å². The molecule has 0 saturated carbocycles. The summed E-state index contributed by atoms with van der Waals surface area (Å²) >= 11 is 1.70. The van der Waals surface area contributed by atoms with Crippen molar-refractivity contribution in [1.29, 1.82) is 0 Å². The van der Waals surface area contributed by atoms with E-state index in [1.54, 1.807) is 17.6 Å². The summed E-state index contributed by atoms with van der Waals surface area (Å²) in [7, 11) is 0. The fourth-order valence-corrected chi connectivity index (χ4v) is 2.81. The van der Waals surface area contributed by atoms with E-state index in [9.17, 15) is 0 Å². The molecule has 0 unspecified atom stereocenters. The van der Waals surface area contributed by atoms with E-state index >= 15 is 0 Å². The molecule has 0 atom stereocenters. The van der Waals surface area contributed by atoms with Crippen LogP contribution < -0.4 is 10.2 Å². The molecule has 2 rings (SSSR count). The van der Waals surface area contributed by atoms with E-state index in [0.717, 1.165) is 42.8 Å². The number of furan rings is 1. The summed E-state index contributed by atoms with van der Waals surface area (Å²) in [6.45, 7) is 10.1. The lowest BCUT2D eigenvalue weighted by molar-refractivity contribution is 0.503. The number of aromatic nitrogens is 1. The zero-order valence-electron chi connectivity index (χ0n) is 12.4. The molecule has 0 aromatic carbocycles. The lowest BCUT2D eigenvalue weighted by Crippen LogP contribution is -2.22. The monoisotopic (exact) mass is 293 g/mol. The van der Waals surface area contributed by atoms with E-state index in [0.29, 0.717) is 5.92 Å². The van der Waals surface area contributed by atoms with Crippen molar-refractivity contribution in [1.82, 2.24) is 10.3 Å². The Balaban J connectivity index is 1.92. The molecule has 0 fully saturated rings. The first-order valence-corrected chi connectivity index (χ1v) is 7.99. The van der Waals surface area contributed by atoms with Crippen molar-refractivity contribution in [3.8, 4) is 0 Å². The second-order valence-electron chi connectivity index (χ2n) is 5.24. The maximum absolute atomic E-state index is 5.41. The van der Waals surface area contributed by atoms with Gasteiger partial charge in [0.25, 0.3) is 0 Å². The summed E-state index contributed by atoms with van der Waals surface area (Å²) in [6.07, 6.45) is 1.71. The molecule has 5 heteroatoms. The van der Waals surface area contributed by atoms with Crippen molar-refractivity contribution in [3.63, 3.8) is 0 Å². The second kappa shape index (κ2) is 7.45. The maximum Gasteiger partial charge on any atom is 0.185 e. The van der Waals surface area contributed by atoms with E-state index in [1.165, 1.54) is 0 Å². The highest BCUT2D eigenvalue weighted by molar-refractivity contribution is 7.13. The Morgan fingerprint density at radius 1 is 1.45 bits per heavy atom. The van der Waals surface area contributed by atoms with Crippen LogP contribution in [0.1, 0.15) is 32.2 Å². The third-order valence-corrected chi connectivity index (χ3v) is 3.93. The van der Waals surface area contributed by atoms with Crippen molar-refractivity contribution >= 4 is 16.5 Å². The van der Waals surface area contributed by atoms with Gasteiger partial charge in [-0.3, -0.25) is 0 Å². The lowest BCUT2D eigenvalue weighted by Gasteiger charge is -2.18. The largest absolute Gasteiger partial charge is 0.467 e. The number of thiazole rings is 1. The summed E-state index contributed by atoms with van der Waals surface area (Å²) in [5.41, 5.74) is 1.11. The smallest absolute Gasteiger partial charge is 0.185 e. The van der Waals surface area contributed by atoms with Gasteiger partial charge in [-0.05, 0) is 31.5 Å². The van der Waals surface area contributed by atoms with Gasteiger partial charge in [-0.2, -0.15) is 0 Å². The molecule has 4 nitrogen and oxygen atoms in total. The van der Waals surface area contributed by atoms with Gasteiger partial charge in [-0.1, -0.05) is 13.8 Å². The number of nitrogens with one attached hydrogen (secondary N) is 1. The molecular formula is C15H23N3OS. The van der Waals surface area contributed by atoms with Crippen LogP contribution in [0.15, 0.2) is 28.2 Å². The van der Waals surface area contributed by atoms with Crippen LogP contribution in [0.25, 0.3) is 0 Å². The number of hydrogen-bond acceptors (Lipinski definition) is 5. The molecule has 0 radical (unpaired) electrons. The molecule has 1 N–H and O–H groups in total. The summed E-state index contributed by atoms with van der Waals surface area (Å²) in [5.74, 6) is 1.64. The highest BCUT2D eigenvalue weighted by Gasteiger charge is 2.11. The molecule has 0 spiro atoms. The van der Waals surface area contributed by atoms with Gasteiger partial charge in [-0.15, -0.1) is 11.3 Å². The first-order chi connectivity index (χ1) is 9.69. The van der Waals surface area contributed by atoms with Crippen molar-refractivity contribution < 1.29 is 4.42 Å². The van der Waals surface area contributed by atoms with Gasteiger partial charge in [0.2, 0.25) is 0 Å². The quantitative estimate of drug-likeness (QED) is 0.808. The number of nitrogens with zero attached hydrogens (tertiary/aromatic N) is 2. The van der Waals surface area contributed by atoms with Gasteiger partial charge < -0.3 is 14.6 Å². The standard InChI is InChI=1S/C15H23N3OS/c1-4-18(10-14-6-5-7-19-14)15-17-13(11-20-15)9-16-8-12(2)3/h5-7,11-12,16H,4,8-10H2,1-3H3. The SMILES string of the molecule is CCN(Cc1ccco1)c1nc(CNCC(C)C)cs1. The first-order valence-electron chi connectivity index (χ1n) is 7.11. The molecule has 20 heavy (non-hydrogen) atoms. The van der Waals surface area contributed by atoms with E-state index in [-0.39, 0.29) is 0 Å². The minimum atomic E-state index is 0.666. The van der Waals surface area contributed by atoms with Crippen LogP contribution in [0, 0.1) is 5.92 Å². The van der Waals surface area contributed by atoms with Crippen LogP contribution in [0.4, 0.5) is 5.13 Å². The topological polar surface area (TPSA) is 41.3 Å². The molecule has 2 aromatic heterocycles. The third kappa shape index (κ3) is 4.35. The average Bonchev–Trinajstić information content (AvgIpc) is 3.06. The van der Waals surface area contributed by atoms with Crippen molar-refractivity contribution in [2.45, 2.75) is 33.9 Å². The molecule has 0 bridgehead atoms. The summed E-state index contributed by atoms with van der Waals surface area (Å²) in [6, 6.07) is 3.92. The maximum atomic E-state index is 5.41. The average molecular weight is 293 g/mol. The Morgan fingerprint density at radius 2 is 2.30 bits per heavy atom. The zero-order valence-corrected chi connectivity index (χ0v) is 13.2. The minimum Gasteiger partial charge on any atom is -0.467 e. The Morgan fingerprint density at radius 3 is 2.95 bits per heavy atom. The Labute approximate surface area is 124 Å². The summed E-state index contributed by atoms with van der Waals surface area (Å²) in [4.78, 5) is 6.93. The molecule has 0 aliphatic carbocycles. The van der Waals surface area contributed by atoms with Crippen LogP contribution in [-0.4, -0.2) is 18.1 Å². The van der Waals surface area contributed by atoms with E-state index in [2.05, 4.69) is 36.4 Å². The molecule has 0 aliphatic rings. The second-order valence-corrected chi connectivity index (χ2v) is 6.08. The molecule has 110 valence electrons. The lowest BCUT2D eigenvalue weighted by atomic mass is 10.2. The van der Waals surface area contributed by atoms with Gasteiger partial charge in [0.15, 0.2) is 5.13 Å². The molecule has 2 heterocycles. The Bertz CT molecular complexity index is 493. The molecule has 0 aliphatic heterocycles. The van der Waals surface area contributed by atoms with Crippen molar-refractivity contribution in [2.24, 2.45) is 5.92 Å². The van der Waals surface area contributed by atoms with Gasteiger partial charge >= 0.3 is 0 Å². The fourth-order valence-electron chi connectivity index (χ4n) is 1.92. The number of anilines is 1. The van der Waals surface area contributed by atoms with Crippen molar-refractivity contribution in [3.05, 3.63) is 35.2 Å². The van der Waals surface area contributed by atoms with Gasteiger partial charge in [0.1, 0.15) is 5.76 Å². The highest BCUT2D eigenvalue weighted by Crippen LogP contribution is 2.22. The summed E-state index contributed by atoms with van der Waals surface area (Å²) in [5, 5.41) is 6.62. The summed E-state index contributed by atoms with van der Waals surface area (Å²) < 4.78 is 5.41. The molecule has 2 aromatic rings. The minimum absolute atomic E-state index is 0.666. The third-order valence-electron chi connectivity index (χ3n) is 2.98. The van der Waals surface area contributed by atoms with E-state index in [1.807, 2.05) is 12.1 Å². The van der Waals surface area contributed by atoms with Crippen LogP contribution >= 0.6 is 11.3 Å². The van der Waals surface area contributed by atoms with Crippen LogP contribution in [-0.2, 0) is 13.1 Å². The van der Waals surface area contributed by atoms with Crippen LogP contribution in [0.2, 0.25) is 0 Å². The molecule has 0 saturated heterocycles. The number of hydrogen-bond donors (Lipinski definition) is 1. The predicted octanol–water partition coefficient (Wildman–Crippen LogP) is 3.51. The molecule has 0 amide bonds. The van der Waals surface area contributed by atoms with Crippen molar-refractivity contribution in [2.75, 3.05) is 18.0 Å². The normalized spacial score (nSPS) is 11.2. The first kappa shape index (κ1) is 15.1. The van der Waals surface area contributed by atoms with Crippen LogP contribution in [0.5, 0.6) is 0 Å². The van der Waals surface area contributed by atoms with E-state index < -0.39 is 0 Å². The zero-order chi connectivity index (χ0) is 14.4. The molecular weight excluding hydrogens is 270 g/mol. The van der Waals surface area contributed by atoms with Gasteiger partial charge in [-0.25, -0.2) is 4.98 Å². The highest BCUT2D eigenvalue weighted by atomic mass is 32.1. The predicted molar refractivity (Wildman–Crippen MR) is 84.1 cm³/mol. The Kier molecular flexibility index (Phi) is 5.61. The van der Waals surface area contributed by atoms with Gasteiger partial charge in [0, 0.05) is 18.5 Å². The number of rotatable bonds is 8.